The van der Waals surface area contributed by atoms with Crippen molar-refractivity contribution in [2.24, 2.45) is 5.92 Å². The lowest BCUT2D eigenvalue weighted by Crippen LogP contribution is -1.85. The summed E-state index contributed by atoms with van der Waals surface area (Å²) in [5.74, 6) is 0.935. The van der Waals surface area contributed by atoms with Gasteiger partial charge in [0.15, 0.2) is 0 Å². The van der Waals surface area contributed by atoms with Gasteiger partial charge in [-0.3, -0.25) is 0 Å². The van der Waals surface area contributed by atoms with E-state index in [4.69, 9.17) is 0 Å². The van der Waals surface area contributed by atoms with Gasteiger partial charge in [0.2, 0.25) is 0 Å². The molecule has 0 rings (SSSR count). The van der Waals surface area contributed by atoms with Crippen molar-refractivity contribution in [2.45, 2.75) is 73.1 Å². The number of unbranched alkanes of at least 4 members (excludes halogenated alkanes) is 3. The van der Waals surface area contributed by atoms with E-state index >= 15 is 0 Å². The highest BCUT2D eigenvalue weighted by molar-refractivity contribution is 4.41. The van der Waals surface area contributed by atoms with E-state index in [2.05, 4.69) is 34.6 Å². The molecule has 0 heteroatoms. The maximum atomic E-state index is 2.28. The van der Waals surface area contributed by atoms with Gasteiger partial charge >= 0.3 is 0 Å². The summed E-state index contributed by atoms with van der Waals surface area (Å²) in [5, 5.41) is 0. The van der Waals surface area contributed by atoms with Crippen molar-refractivity contribution < 1.29 is 0 Å². The molecule has 0 aromatic rings. The molecule has 76 valence electrons. The first kappa shape index (κ1) is 14.5. The normalized spacial score (nSPS) is 9.50. The minimum absolute atomic E-state index is 0.935. The van der Waals surface area contributed by atoms with Gasteiger partial charge in [0.25, 0.3) is 0 Å². The molecule has 0 radical (unpaired) electrons. The average molecular weight is 172 g/mol. The molecule has 0 bridgehead atoms. The molecular weight excluding hydrogens is 144 g/mol. The van der Waals surface area contributed by atoms with Crippen LogP contribution < -0.4 is 0 Å². The number of rotatable bonds is 5. The lowest BCUT2D eigenvalue weighted by molar-refractivity contribution is 0.544. The quantitative estimate of drug-likeness (QED) is 0.510. The zero-order valence-electron chi connectivity index (χ0n) is 9.82. The Balaban J connectivity index is 0. The summed E-state index contributed by atoms with van der Waals surface area (Å²) in [6.07, 6.45) is 8.20. The van der Waals surface area contributed by atoms with Crippen LogP contribution in [-0.2, 0) is 0 Å². The summed E-state index contributed by atoms with van der Waals surface area (Å²) in [6, 6.07) is 0. The Morgan fingerprint density at radius 1 is 0.750 bits per heavy atom. The lowest BCUT2D eigenvalue weighted by atomic mass is 10.1. The van der Waals surface area contributed by atoms with Gasteiger partial charge in [-0.05, 0) is 5.92 Å². The molecule has 0 aliphatic rings. The van der Waals surface area contributed by atoms with Gasteiger partial charge in [-0.2, -0.15) is 0 Å². The molecular formula is C12H28. The molecule has 0 aliphatic carbocycles. The van der Waals surface area contributed by atoms with Crippen LogP contribution in [0.3, 0.4) is 0 Å². The molecule has 0 saturated carbocycles. The third-order valence-corrected chi connectivity index (χ3v) is 2.35. The summed E-state index contributed by atoms with van der Waals surface area (Å²) in [7, 11) is 0. The van der Waals surface area contributed by atoms with Gasteiger partial charge < -0.3 is 0 Å². The van der Waals surface area contributed by atoms with E-state index in [1.807, 2.05) is 0 Å². The van der Waals surface area contributed by atoms with E-state index in [0.717, 1.165) is 5.92 Å². The van der Waals surface area contributed by atoms with Gasteiger partial charge in [0.05, 0.1) is 0 Å². The molecule has 0 aromatic heterocycles. The van der Waals surface area contributed by atoms with Crippen molar-refractivity contribution in [3.8, 4) is 0 Å². The first-order valence-electron chi connectivity index (χ1n) is 5.72. The summed E-state index contributed by atoms with van der Waals surface area (Å²) in [5.41, 5.74) is 0. The first-order valence-corrected chi connectivity index (χ1v) is 5.72. The highest BCUT2D eigenvalue weighted by Gasteiger charge is 1.88. The molecule has 12 heavy (non-hydrogen) atoms. The second-order valence-corrected chi connectivity index (χ2v) is 3.63. The monoisotopic (exact) mass is 172 g/mol. The molecule has 0 aliphatic heterocycles. The zero-order chi connectivity index (χ0) is 9.82. The van der Waals surface area contributed by atoms with E-state index in [1.165, 1.54) is 38.5 Å². The van der Waals surface area contributed by atoms with Gasteiger partial charge in [0.1, 0.15) is 0 Å². The van der Waals surface area contributed by atoms with Crippen molar-refractivity contribution in [1.29, 1.82) is 0 Å². The number of hydrogen-bond donors (Lipinski definition) is 0. The van der Waals surface area contributed by atoms with Crippen LogP contribution in [0.15, 0.2) is 0 Å². The van der Waals surface area contributed by atoms with Crippen LogP contribution >= 0.6 is 0 Å². The van der Waals surface area contributed by atoms with E-state index in [9.17, 15) is 0 Å². The second-order valence-electron chi connectivity index (χ2n) is 3.63. The Bertz CT molecular complexity index is 49.1. The summed E-state index contributed by atoms with van der Waals surface area (Å²) in [4.78, 5) is 0. The van der Waals surface area contributed by atoms with Gasteiger partial charge in [-0.25, -0.2) is 0 Å². The van der Waals surface area contributed by atoms with Crippen LogP contribution in [0.4, 0.5) is 0 Å². The first-order chi connectivity index (χ1) is 5.72. The largest absolute Gasteiger partial charge is 0.0654 e. The Labute approximate surface area is 79.8 Å². The van der Waals surface area contributed by atoms with Gasteiger partial charge in [-0.1, -0.05) is 73.1 Å². The fourth-order valence-electron chi connectivity index (χ4n) is 0.789. The average Bonchev–Trinajstić information content (AvgIpc) is 2.14. The third kappa shape index (κ3) is 16.5. The summed E-state index contributed by atoms with van der Waals surface area (Å²) < 4.78 is 0. The van der Waals surface area contributed by atoms with Crippen LogP contribution in [0, 0.1) is 5.92 Å². The van der Waals surface area contributed by atoms with Crippen molar-refractivity contribution in [3.63, 3.8) is 0 Å². The van der Waals surface area contributed by atoms with Crippen molar-refractivity contribution in [3.05, 3.63) is 0 Å². The Kier molecular flexibility index (Phi) is 16.4. The molecule has 0 saturated heterocycles. The van der Waals surface area contributed by atoms with Crippen LogP contribution in [0.1, 0.15) is 73.1 Å². The standard InChI is InChI=1S/2C6H14/c1-4-6(3)5-2;1-3-5-6-4-2/h6H,4-5H2,1-3H3;3-6H2,1-2H3. The molecule has 0 nitrogen and oxygen atoms in total. The van der Waals surface area contributed by atoms with Crippen LogP contribution in [0.25, 0.3) is 0 Å². The Morgan fingerprint density at radius 3 is 1.17 bits per heavy atom. The van der Waals surface area contributed by atoms with Crippen LogP contribution in [0.2, 0.25) is 0 Å². The molecule has 0 amide bonds. The number of hydrogen-bond acceptors (Lipinski definition) is 0. The Hall–Kier alpha value is 0. The molecule has 0 unspecified atom stereocenters. The topological polar surface area (TPSA) is 0 Å². The highest BCUT2D eigenvalue weighted by Crippen LogP contribution is 2.02. The summed E-state index contributed by atoms with van der Waals surface area (Å²) in [6.45, 7) is 11.2. The predicted octanol–water partition coefficient (Wildman–Crippen LogP) is 5.03. The molecule has 0 aromatic carbocycles. The van der Waals surface area contributed by atoms with Gasteiger partial charge in [0, 0.05) is 0 Å². The zero-order valence-corrected chi connectivity index (χ0v) is 9.82. The Morgan fingerprint density at radius 2 is 1.08 bits per heavy atom. The van der Waals surface area contributed by atoms with Crippen molar-refractivity contribution in [2.75, 3.05) is 0 Å². The second kappa shape index (κ2) is 13.6. The molecule has 0 atom stereocenters. The highest BCUT2D eigenvalue weighted by atomic mass is 13.9. The fraction of sp³-hybridized carbons (Fsp3) is 1.00. The smallest absolute Gasteiger partial charge is 0.0448 e. The molecule has 0 fully saturated rings. The van der Waals surface area contributed by atoms with Gasteiger partial charge in [-0.15, -0.1) is 0 Å². The SMILES string of the molecule is CCC(C)CC.CCCCCC. The minimum Gasteiger partial charge on any atom is -0.0654 e. The molecule has 0 N–H and O–H groups in total. The maximum absolute atomic E-state index is 2.28. The van der Waals surface area contributed by atoms with Crippen LogP contribution in [0.5, 0.6) is 0 Å². The van der Waals surface area contributed by atoms with E-state index < -0.39 is 0 Å². The van der Waals surface area contributed by atoms with Crippen molar-refractivity contribution in [1.82, 2.24) is 0 Å². The predicted molar refractivity (Wildman–Crippen MR) is 59.6 cm³/mol. The molecule has 0 spiro atoms. The lowest BCUT2D eigenvalue weighted by Gasteiger charge is -1.98. The fourth-order valence-corrected chi connectivity index (χ4v) is 0.789. The molecule has 0 heterocycles. The van der Waals surface area contributed by atoms with E-state index in [-0.39, 0.29) is 0 Å². The minimum atomic E-state index is 0.935. The van der Waals surface area contributed by atoms with Crippen molar-refractivity contribution >= 4 is 0 Å². The van der Waals surface area contributed by atoms with E-state index in [1.54, 1.807) is 0 Å². The van der Waals surface area contributed by atoms with E-state index in [0.29, 0.717) is 0 Å². The maximum Gasteiger partial charge on any atom is -0.0448 e. The third-order valence-electron chi connectivity index (χ3n) is 2.35. The van der Waals surface area contributed by atoms with Crippen LogP contribution in [-0.4, -0.2) is 0 Å². The summed E-state index contributed by atoms with van der Waals surface area (Å²) >= 11 is 0.